The normalized spacial score (nSPS) is 12.8. The highest BCUT2D eigenvalue weighted by Crippen LogP contribution is 2.25. The van der Waals surface area contributed by atoms with Crippen molar-refractivity contribution in [3.8, 4) is 5.69 Å². The molecule has 25 heavy (non-hydrogen) atoms. The number of sulfonamides is 1. The second-order valence-electron chi connectivity index (χ2n) is 5.62. The average molecular weight is 358 g/mol. The quantitative estimate of drug-likeness (QED) is 0.741. The van der Waals surface area contributed by atoms with Crippen LogP contribution >= 0.6 is 0 Å². The van der Waals surface area contributed by atoms with Gasteiger partial charge in [-0.05, 0) is 36.8 Å². The predicted octanol–water partition coefficient (Wildman–Crippen LogP) is 1.51. The fraction of sp³-hybridized carbons (Fsp3) is 0.188. The molecule has 0 aliphatic carbocycles. The first-order chi connectivity index (χ1) is 11.9. The number of primary sulfonamides is 1. The summed E-state index contributed by atoms with van der Waals surface area (Å²) in [5.41, 5.74) is 2.01. The molecular weight excluding hydrogens is 340 g/mol. The van der Waals surface area contributed by atoms with E-state index in [1.165, 1.54) is 18.6 Å². The highest BCUT2D eigenvalue weighted by molar-refractivity contribution is 7.89. The predicted molar refractivity (Wildman–Crippen MR) is 93.8 cm³/mol. The molecule has 1 atom stereocenters. The molecule has 0 unspecified atom stereocenters. The van der Waals surface area contributed by atoms with Crippen molar-refractivity contribution in [2.75, 3.05) is 11.9 Å². The van der Waals surface area contributed by atoms with Crippen LogP contribution in [0.3, 0.4) is 0 Å². The first-order valence-corrected chi connectivity index (χ1v) is 9.07. The van der Waals surface area contributed by atoms with Gasteiger partial charge >= 0.3 is 0 Å². The van der Waals surface area contributed by atoms with Crippen molar-refractivity contribution in [2.45, 2.75) is 17.9 Å². The van der Waals surface area contributed by atoms with E-state index in [2.05, 4.69) is 15.1 Å². The van der Waals surface area contributed by atoms with Crippen LogP contribution in [0, 0.1) is 0 Å². The van der Waals surface area contributed by atoms with E-state index in [9.17, 15) is 8.42 Å². The standard InChI is InChI=1S/C16H18N6O2S/c1-12(13-3-5-14(6-4-13)22-11-18-10-20-22)21(2)16-8-7-15(9-19-16)25(17,23)24/h3-12H,1-2H3,(H2,17,23,24)/t12-/m1/s1. The summed E-state index contributed by atoms with van der Waals surface area (Å²) in [7, 11) is -1.84. The summed E-state index contributed by atoms with van der Waals surface area (Å²) >= 11 is 0. The number of anilines is 1. The van der Waals surface area contributed by atoms with Gasteiger partial charge in [-0.1, -0.05) is 12.1 Å². The van der Waals surface area contributed by atoms with E-state index in [4.69, 9.17) is 5.14 Å². The lowest BCUT2D eigenvalue weighted by Crippen LogP contribution is -2.23. The van der Waals surface area contributed by atoms with Crippen molar-refractivity contribution in [3.05, 3.63) is 60.8 Å². The number of nitrogens with two attached hydrogens (primary N) is 1. The van der Waals surface area contributed by atoms with E-state index in [1.54, 1.807) is 17.1 Å². The van der Waals surface area contributed by atoms with Crippen LogP contribution in [-0.2, 0) is 10.0 Å². The zero-order valence-electron chi connectivity index (χ0n) is 13.8. The summed E-state index contributed by atoms with van der Waals surface area (Å²) in [5, 5.41) is 9.19. The van der Waals surface area contributed by atoms with Crippen LogP contribution in [0.15, 0.2) is 60.1 Å². The third kappa shape index (κ3) is 3.67. The number of pyridine rings is 1. The van der Waals surface area contributed by atoms with E-state index in [0.717, 1.165) is 11.3 Å². The van der Waals surface area contributed by atoms with Crippen LogP contribution in [0.1, 0.15) is 18.5 Å². The molecule has 0 saturated heterocycles. The SMILES string of the molecule is C[C@H](c1ccc(-n2cncn2)cc1)N(C)c1ccc(S(N)(=O)=O)cn1. The largest absolute Gasteiger partial charge is 0.353 e. The molecule has 8 nitrogen and oxygen atoms in total. The van der Waals surface area contributed by atoms with E-state index < -0.39 is 10.0 Å². The summed E-state index contributed by atoms with van der Waals surface area (Å²) in [6.45, 7) is 2.04. The Hall–Kier alpha value is -2.78. The Balaban J connectivity index is 1.79. The Morgan fingerprint density at radius 3 is 2.40 bits per heavy atom. The second kappa shape index (κ2) is 6.61. The Morgan fingerprint density at radius 2 is 1.88 bits per heavy atom. The molecule has 0 amide bonds. The van der Waals surface area contributed by atoms with Gasteiger partial charge in [0.2, 0.25) is 10.0 Å². The summed E-state index contributed by atoms with van der Waals surface area (Å²) in [5.74, 6) is 0.653. The lowest BCUT2D eigenvalue weighted by atomic mass is 10.1. The summed E-state index contributed by atoms with van der Waals surface area (Å²) in [6.07, 6.45) is 4.39. The molecule has 2 aromatic heterocycles. The van der Waals surface area contributed by atoms with Gasteiger partial charge in [-0.25, -0.2) is 28.2 Å². The lowest BCUT2D eigenvalue weighted by molar-refractivity contribution is 0.597. The maximum Gasteiger partial charge on any atom is 0.239 e. The monoisotopic (exact) mass is 358 g/mol. The number of benzene rings is 1. The molecule has 0 aliphatic heterocycles. The molecule has 130 valence electrons. The van der Waals surface area contributed by atoms with E-state index >= 15 is 0 Å². The van der Waals surface area contributed by atoms with Crippen molar-refractivity contribution in [3.63, 3.8) is 0 Å². The van der Waals surface area contributed by atoms with E-state index in [-0.39, 0.29) is 10.9 Å². The van der Waals surface area contributed by atoms with Crippen molar-refractivity contribution >= 4 is 15.8 Å². The van der Waals surface area contributed by atoms with Gasteiger partial charge in [0.25, 0.3) is 0 Å². The third-order valence-corrected chi connectivity index (χ3v) is 4.95. The van der Waals surface area contributed by atoms with Gasteiger partial charge in [0.15, 0.2) is 0 Å². The molecular formula is C16H18N6O2S. The van der Waals surface area contributed by atoms with Gasteiger partial charge in [-0.2, -0.15) is 5.10 Å². The average Bonchev–Trinajstić information content (AvgIpc) is 3.14. The molecule has 0 spiro atoms. The molecule has 3 aromatic rings. The molecule has 2 N–H and O–H groups in total. The van der Waals surface area contributed by atoms with Crippen LogP contribution in [0.5, 0.6) is 0 Å². The highest BCUT2D eigenvalue weighted by atomic mass is 32.2. The van der Waals surface area contributed by atoms with Gasteiger partial charge in [0, 0.05) is 13.2 Å². The number of hydrogen-bond acceptors (Lipinski definition) is 6. The van der Waals surface area contributed by atoms with E-state index in [1.807, 2.05) is 43.1 Å². The smallest absolute Gasteiger partial charge is 0.239 e. The molecule has 2 heterocycles. The minimum Gasteiger partial charge on any atom is -0.353 e. The Kier molecular flexibility index (Phi) is 4.51. The van der Waals surface area contributed by atoms with Crippen LogP contribution in [0.25, 0.3) is 5.69 Å². The Morgan fingerprint density at radius 1 is 1.16 bits per heavy atom. The van der Waals surface area contributed by atoms with Crippen molar-refractivity contribution in [1.82, 2.24) is 19.7 Å². The van der Waals surface area contributed by atoms with Gasteiger partial charge in [-0.15, -0.1) is 0 Å². The second-order valence-corrected chi connectivity index (χ2v) is 7.18. The van der Waals surface area contributed by atoms with Gasteiger partial charge in [0.1, 0.15) is 23.4 Å². The van der Waals surface area contributed by atoms with Gasteiger partial charge in [-0.3, -0.25) is 0 Å². The maximum atomic E-state index is 11.3. The zero-order chi connectivity index (χ0) is 18.0. The first kappa shape index (κ1) is 17.1. The van der Waals surface area contributed by atoms with Crippen molar-refractivity contribution < 1.29 is 8.42 Å². The van der Waals surface area contributed by atoms with Gasteiger partial charge in [0.05, 0.1) is 11.7 Å². The fourth-order valence-electron chi connectivity index (χ4n) is 2.42. The number of rotatable bonds is 5. The minimum absolute atomic E-state index is 0.00510. The summed E-state index contributed by atoms with van der Waals surface area (Å²) in [4.78, 5) is 10.1. The topological polar surface area (TPSA) is 107 Å². The lowest BCUT2D eigenvalue weighted by Gasteiger charge is -2.26. The Labute approximate surface area is 146 Å². The number of aromatic nitrogens is 4. The fourth-order valence-corrected chi connectivity index (χ4v) is 2.88. The van der Waals surface area contributed by atoms with Gasteiger partial charge < -0.3 is 4.90 Å². The van der Waals surface area contributed by atoms with Crippen LogP contribution in [0.4, 0.5) is 5.82 Å². The van der Waals surface area contributed by atoms with Crippen molar-refractivity contribution in [1.29, 1.82) is 0 Å². The molecule has 9 heteroatoms. The molecule has 0 fully saturated rings. The number of hydrogen-bond donors (Lipinski definition) is 1. The minimum atomic E-state index is -3.74. The van der Waals surface area contributed by atoms with E-state index in [0.29, 0.717) is 5.82 Å². The zero-order valence-corrected chi connectivity index (χ0v) is 14.6. The molecule has 0 saturated carbocycles. The van der Waals surface area contributed by atoms with Crippen molar-refractivity contribution in [2.24, 2.45) is 5.14 Å². The summed E-state index contributed by atoms with van der Waals surface area (Å²) in [6, 6.07) is 11.1. The molecule has 0 aliphatic rings. The first-order valence-electron chi connectivity index (χ1n) is 7.53. The molecule has 3 rings (SSSR count). The van der Waals surface area contributed by atoms with Crippen LogP contribution < -0.4 is 10.0 Å². The highest BCUT2D eigenvalue weighted by Gasteiger charge is 2.15. The maximum absolute atomic E-state index is 11.3. The Bertz CT molecular complexity index is 937. The third-order valence-electron chi connectivity index (χ3n) is 4.05. The molecule has 0 bridgehead atoms. The number of nitrogens with zero attached hydrogens (tertiary/aromatic N) is 5. The summed E-state index contributed by atoms with van der Waals surface area (Å²) < 4.78 is 24.3. The molecule has 0 radical (unpaired) electrons. The molecule has 1 aromatic carbocycles. The van der Waals surface area contributed by atoms with Crippen LogP contribution in [-0.4, -0.2) is 35.2 Å². The van der Waals surface area contributed by atoms with Crippen LogP contribution in [0.2, 0.25) is 0 Å².